The Balaban J connectivity index is 1.22. The second-order valence-electron chi connectivity index (χ2n) is 8.18. The Bertz CT molecular complexity index is 1150. The van der Waals surface area contributed by atoms with Crippen LogP contribution in [0.25, 0.3) is 0 Å². The van der Waals surface area contributed by atoms with Gasteiger partial charge >= 0.3 is 0 Å². The molecule has 1 saturated heterocycles. The number of piperazine rings is 1. The molecule has 0 spiro atoms. The van der Waals surface area contributed by atoms with Crippen LogP contribution >= 0.6 is 0 Å². The van der Waals surface area contributed by atoms with Gasteiger partial charge in [-0.3, -0.25) is 9.69 Å². The molecule has 5 rings (SSSR count). The maximum Gasteiger partial charge on any atom is 0.262 e. The summed E-state index contributed by atoms with van der Waals surface area (Å²) in [6, 6.07) is 14.4. The van der Waals surface area contributed by atoms with Gasteiger partial charge < -0.3 is 20.3 Å². The van der Waals surface area contributed by atoms with Crippen LogP contribution < -0.4 is 20.3 Å². The number of ether oxygens (including phenoxy) is 1. The van der Waals surface area contributed by atoms with Crippen molar-refractivity contribution in [1.82, 2.24) is 14.9 Å². The molecule has 3 aromatic rings. The molecular weight excluding hydrogens is 423 g/mol. The molecular formula is C24H25FN6O2. The summed E-state index contributed by atoms with van der Waals surface area (Å²) in [6.07, 6.45) is 1.55. The van der Waals surface area contributed by atoms with E-state index in [1.807, 2.05) is 36.4 Å². The normalized spacial score (nSPS) is 17.0. The van der Waals surface area contributed by atoms with Crippen LogP contribution in [0.15, 0.2) is 54.9 Å². The number of benzene rings is 2. The highest BCUT2D eigenvalue weighted by atomic mass is 19.1. The lowest BCUT2D eigenvalue weighted by Gasteiger charge is -2.38. The number of carbonyl (C=O) groups is 1. The molecule has 3 heterocycles. The molecule has 1 unspecified atom stereocenters. The van der Waals surface area contributed by atoms with Crippen LogP contribution in [0.1, 0.15) is 18.5 Å². The van der Waals surface area contributed by atoms with Crippen LogP contribution in [-0.4, -0.2) is 53.6 Å². The summed E-state index contributed by atoms with van der Waals surface area (Å²) in [6.45, 7) is 5.63. The predicted octanol–water partition coefficient (Wildman–Crippen LogP) is 3.57. The molecule has 2 aliphatic heterocycles. The number of halogens is 1. The summed E-state index contributed by atoms with van der Waals surface area (Å²) < 4.78 is 18.6. The molecule has 0 bridgehead atoms. The SMILES string of the molecule is CC(c1ccc(F)cc1)N1CCN(c2cc(Nc3ccc4c(c3)NC(=O)CO4)ncn2)CC1. The molecule has 2 N–H and O–H groups in total. The highest BCUT2D eigenvalue weighted by Crippen LogP contribution is 2.32. The number of amides is 1. The smallest absolute Gasteiger partial charge is 0.262 e. The van der Waals surface area contributed by atoms with E-state index in [4.69, 9.17) is 4.74 Å². The van der Waals surface area contributed by atoms with Gasteiger partial charge in [0.15, 0.2) is 6.61 Å². The molecule has 0 aliphatic carbocycles. The van der Waals surface area contributed by atoms with Crippen LogP contribution in [-0.2, 0) is 4.79 Å². The highest BCUT2D eigenvalue weighted by Gasteiger charge is 2.23. The van der Waals surface area contributed by atoms with Gasteiger partial charge in [0.05, 0.1) is 5.69 Å². The van der Waals surface area contributed by atoms with E-state index < -0.39 is 0 Å². The molecule has 1 amide bonds. The number of anilines is 4. The van der Waals surface area contributed by atoms with E-state index in [9.17, 15) is 9.18 Å². The van der Waals surface area contributed by atoms with Crippen LogP contribution in [0.2, 0.25) is 0 Å². The van der Waals surface area contributed by atoms with Gasteiger partial charge in [-0.15, -0.1) is 0 Å². The Labute approximate surface area is 191 Å². The Kier molecular flexibility index (Phi) is 5.78. The molecule has 1 aromatic heterocycles. The number of nitrogens with one attached hydrogen (secondary N) is 2. The van der Waals surface area contributed by atoms with Gasteiger partial charge in [-0.05, 0) is 42.8 Å². The first-order valence-corrected chi connectivity index (χ1v) is 11.0. The summed E-state index contributed by atoms with van der Waals surface area (Å²) >= 11 is 0. The molecule has 2 aliphatic rings. The minimum atomic E-state index is -0.211. The van der Waals surface area contributed by atoms with E-state index in [0.717, 1.165) is 43.2 Å². The number of hydrogen-bond acceptors (Lipinski definition) is 7. The maximum atomic E-state index is 13.2. The van der Waals surface area contributed by atoms with E-state index >= 15 is 0 Å². The van der Waals surface area contributed by atoms with Crippen molar-refractivity contribution >= 4 is 28.9 Å². The van der Waals surface area contributed by atoms with Crippen LogP contribution in [0.4, 0.5) is 27.4 Å². The zero-order chi connectivity index (χ0) is 22.8. The number of rotatable bonds is 5. The number of fused-ring (bicyclic) bond motifs is 1. The standard InChI is InChI=1S/C24H25FN6O2/c1-16(17-2-4-18(25)5-3-17)30-8-10-31(11-9-30)23-13-22(26-15-27-23)28-19-6-7-21-20(12-19)29-24(32)14-33-21/h2-7,12-13,15-16H,8-11,14H2,1H3,(H,29,32)(H,26,27,28). The lowest BCUT2D eigenvalue weighted by Crippen LogP contribution is -2.47. The van der Waals surface area contributed by atoms with Crippen molar-refractivity contribution < 1.29 is 13.9 Å². The van der Waals surface area contributed by atoms with E-state index in [-0.39, 0.29) is 24.4 Å². The molecule has 1 atom stereocenters. The minimum absolute atomic E-state index is 0.0327. The van der Waals surface area contributed by atoms with Gasteiger partial charge in [0.1, 0.15) is 29.5 Å². The first-order valence-electron chi connectivity index (χ1n) is 11.0. The third kappa shape index (κ3) is 4.73. The molecule has 2 aromatic carbocycles. The van der Waals surface area contributed by atoms with Gasteiger partial charge in [0.25, 0.3) is 5.91 Å². The first-order chi connectivity index (χ1) is 16.0. The van der Waals surface area contributed by atoms with Gasteiger partial charge in [-0.25, -0.2) is 14.4 Å². The Morgan fingerprint density at radius 1 is 1.06 bits per heavy atom. The van der Waals surface area contributed by atoms with Crippen molar-refractivity contribution in [3.63, 3.8) is 0 Å². The summed E-state index contributed by atoms with van der Waals surface area (Å²) in [5.41, 5.74) is 2.55. The third-order valence-electron chi connectivity index (χ3n) is 6.08. The topological polar surface area (TPSA) is 82.6 Å². The molecule has 8 nitrogen and oxygen atoms in total. The van der Waals surface area contributed by atoms with Crippen molar-refractivity contribution in [3.8, 4) is 5.75 Å². The quantitative estimate of drug-likeness (QED) is 0.617. The molecule has 170 valence electrons. The van der Waals surface area contributed by atoms with Gasteiger partial charge in [0.2, 0.25) is 0 Å². The monoisotopic (exact) mass is 448 g/mol. The maximum absolute atomic E-state index is 13.2. The lowest BCUT2D eigenvalue weighted by atomic mass is 10.1. The lowest BCUT2D eigenvalue weighted by molar-refractivity contribution is -0.118. The van der Waals surface area contributed by atoms with Crippen LogP contribution in [0, 0.1) is 5.82 Å². The Morgan fingerprint density at radius 2 is 1.85 bits per heavy atom. The summed E-state index contributed by atoms with van der Waals surface area (Å²) in [7, 11) is 0. The van der Waals surface area contributed by atoms with Gasteiger partial charge in [-0.1, -0.05) is 12.1 Å². The number of aromatic nitrogens is 2. The molecule has 1 fully saturated rings. The van der Waals surface area contributed by atoms with Crippen LogP contribution in [0.3, 0.4) is 0 Å². The minimum Gasteiger partial charge on any atom is -0.482 e. The molecule has 0 radical (unpaired) electrons. The fourth-order valence-corrected chi connectivity index (χ4v) is 4.19. The molecule has 0 saturated carbocycles. The number of carbonyl (C=O) groups excluding carboxylic acids is 1. The van der Waals surface area contributed by atoms with Crippen molar-refractivity contribution in [2.45, 2.75) is 13.0 Å². The third-order valence-corrected chi connectivity index (χ3v) is 6.08. The first kappa shape index (κ1) is 21.1. The average molecular weight is 449 g/mol. The van der Waals surface area contributed by atoms with Crippen molar-refractivity contribution in [2.75, 3.05) is 48.3 Å². The average Bonchev–Trinajstić information content (AvgIpc) is 2.84. The summed E-state index contributed by atoms with van der Waals surface area (Å²) in [5, 5.41) is 6.08. The fourth-order valence-electron chi connectivity index (χ4n) is 4.19. The Morgan fingerprint density at radius 3 is 2.64 bits per heavy atom. The largest absolute Gasteiger partial charge is 0.482 e. The zero-order valence-electron chi connectivity index (χ0n) is 18.3. The van der Waals surface area contributed by atoms with E-state index in [2.05, 4.69) is 37.3 Å². The van der Waals surface area contributed by atoms with E-state index in [1.165, 1.54) is 12.1 Å². The Hall–Kier alpha value is -3.72. The van der Waals surface area contributed by atoms with Gasteiger partial charge in [-0.2, -0.15) is 0 Å². The van der Waals surface area contributed by atoms with E-state index in [0.29, 0.717) is 17.3 Å². The second kappa shape index (κ2) is 9.03. The van der Waals surface area contributed by atoms with Crippen molar-refractivity contribution in [1.29, 1.82) is 0 Å². The summed E-state index contributed by atoms with van der Waals surface area (Å²) in [5.74, 6) is 1.80. The van der Waals surface area contributed by atoms with Crippen molar-refractivity contribution in [3.05, 3.63) is 66.2 Å². The molecule has 33 heavy (non-hydrogen) atoms. The number of hydrogen-bond donors (Lipinski definition) is 2. The fraction of sp³-hybridized carbons (Fsp3) is 0.292. The predicted molar refractivity (Wildman–Crippen MR) is 124 cm³/mol. The van der Waals surface area contributed by atoms with Crippen LogP contribution in [0.5, 0.6) is 5.75 Å². The zero-order valence-corrected chi connectivity index (χ0v) is 18.3. The van der Waals surface area contributed by atoms with E-state index in [1.54, 1.807) is 6.33 Å². The highest BCUT2D eigenvalue weighted by molar-refractivity contribution is 5.96. The molecule has 9 heteroatoms. The van der Waals surface area contributed by atoms with Crippen molar-refractivity contribution in [2.24, 2.45) is 0 Å². The second-order valence-corrected chi connectivity index (χ2v) is 8.18. The number of nitrogens with zero attached hydrogens (tertiary/aromatic N) is 4. The summed E-state index contributed by atoms with van der Waals surface area (Å²) in [4.78, 5) is 25.0. The van der Waals surface area contributed by atoms with Gasteiger partial charge in [0, 0.05) is 44.0 Å².